The zero-order valence-corrected chi connectivity index (χ0v) is 20.9. The number of nitrogens with zero attached hydrogens (tertiary/aromatic N) is 5. The fraction of sp³-hybridized carbons (Fsp3) is 0.625. The second-order valence-electron chi connectivity index (χ2n) is 7.47. The SMILES string of the molecule is O=C(O)C1=C(CSc2nnnn2CCCCS(=O)(=O)O)CS[C@@H]2C(NC(=S)CC(F)(F)F)C(=O)N12. The van der Waals surface area contributed by atoms with Crippen LogP contribution in [0, 0.1) is 0 Å². The maximum Gasteiger partial charge on any atom is 0.395 e. The first kappa shape index (κ1) is 27.6. The molecular formula is C16H19F3N6O6S4. The topological polar surface area (TPSA) is 168 Å². The zero-order chi connectivity index (χ0) is 26.0. The number of aryl methyl sites for hydroxylation is 1. The number of amides is 1. The molecule has 2 aliphatic rings. The Morgan fingerprint density at radius 3 is 2.69 bits per heavy atom. The fourth-order valence-electron chi connectivity index (χ4n) is 3.34. The predicted octanol–water partition coefficient (Wildman–Crippen LogP) is 0.925. The van der Waals surface area contributed by atoms with E-state index in [9.17, 15) is 36.3 Å². The molecule has 35 heavy (non-hydrogen) atoms. The van der Waals surface area contributed by atoms with Gasteiger partial charge in [0.2, 0.25) is 5.16 Å². The summed E-state index contributed by atoms with van der Waals surface area (Å²) in [5, 5.41) is 22.9. The van der Waals surface area contributed by atoms with Gasteiger partial charge in [0.05, 0.1) is 17.2 Å². The summed E-state index contributed by atoms with van der Waals surface area (Å²) in [7, 11) is -4.07. The normalized spacial score (nSPS) is 20.5. The maximum atomic E-state index is 12.6. The molecule has 19 heteroatoms. The van der Waals surface area contributed by atoms with Crippen molar-refractivity contribution in [3.05, 3.63) is 11.3 Å². The number of alkyl halides is 3. The minimum Gasteiger partial charge on any atom is -0.477 e. The van der Waals surface area contributed by atoms with Crippen molar-refractivity contribution in [2.24, 2.45) is 0 Å². The van der Waals surface area contributed by atoms with Gasteiger partial charge in [-0.25, -0.2) is 9.48 Å². The number of β-lactam (4-membered cyclic amide) rings is 1. The Bertz CT molecular complexity index is 1140. The summed E-state index contributed by atoms with van der Waals surface area (Å²) in [5.41, 5.74) is 0.174. The summed E-state index contributed by atoms with van der Waals surface area (Å²) in [6.45, 7) is 0.266. The lowest BCUT2D eigenvalue weighted by Gasteiger charge is -2.49. The van der Waals surface area contributed by atoms with Crippen molar-refractivity contribution in [1.29, 1.82) is 0 Å². The number of hydrogen-bond donors (Lipinski definition) is 3. The molecule has 2 aliphatic heterocycles. The summed E-state index contributed by atoms with van der Waals surface area (Å²) >= 11 is 7.00. The molecular weight excluding hydrogens is 557 g/mol. The molecule has 3 rings (SSSR count). The first-order valence-electron chi connectivity index (χ1n) is 9.87. The van der Waals surface area contributed by atoms with Crippen molar-refractivity contribution in [3.63, 3.8) is 0 Å². The van der Waals surface area contributed by atoms with Gasteiger partial charge in [-0.05, 0) is 28.8 Å². The summed E-state index contributed by atoms with van der Waals surface area (Å²) in [5.74, 6) is -2.09. The number of thiocarbonyl (C=S) groups is 1. The van der Waals surface area contributed by atoms with Gasteiger partial charge < -0.3 is 10.4 Å². The maximum absolute atomic E-state index is 12.6. The molecule has 1 saturated heterocycles. The largest absolute Gasteiger partial charge is 0.477 e. The average molecular weight is 577 g/mol. The third-order valence-electron chi connectivity index (χ3n) is 4.82. The quantitative estimate of drug-likeness (QED) is 0.112. The van der Waals surface area contributed by atoms with Crippen molar-refractivity contribution in [3.8, 4) is 0 Å². The molecule has 1 fully saturated rings. The van der Waals surface area contributed by atoms with Crippen molar-refractivity contribution in [1.82, 2.24) is 30.4 Å². The van der Waals surface area contributed by atoms with Gasteiger partial charge in [0.15, 0.2) is 0 Å². The van der Waals surface area contributed by atoms with Crippen LogP contribution in [-0.2, 0) is 26.3 Å². The Balaban J connectivity index is 1.63. The van der Waals surface area contributed by atoms with Crippen LogP contribution in [0.1, 0.15) is 19.3 Å². The minimum atomic E-state index is -4.53. The van der Waals surface area contributed by atoms with Crippen molar-refractivity contribution in [2.45, 2.75) is 48.6 Å². The van der Waals surface area contributed by atoms with E-state index in [1.807, 2.05) is 0 Å². The lowest BCUT2D eigenvalue weighted by molar-refractivity contribution is -0.148. The van der Waals surface area contributed by atoms with E-state index < -0.39 is 56.7 Å². The van der Waals surface area contributed by atoms with Crippen molar-refractivity contribution in [2.75, 3.05) is 17.3 Å². The van der Waals surface area contributed by atoms with E-state index in [-0.39, 0.29) is 30.2 Å². The Morgan fingerprint density at radius 1 is 1.34 bits per heavy atom. The molecule has 12 nitrogen and oxygen atoms in total. The number of hydrogen-bond acceptors (Lipinski definition) is 10. The number of aliphatic carboxylic acids is 1. The smallest absolute Gasteiger partial charge is 0.395 e. The number of rotatable bonds is 11. The van der Waals surface area contributed by atoms with Crippen LogP contribution in [-0.4, -0.2) is 94.9 Å². The van der Waals surface area contributed by atoms with E-state index in [0.717, 1.165) is 16.7 Å². The number of nitrogens with one attached hydrogen (secondary N) is 1. The van der Waals surface area contributed by atoms with E-state index in [2.05, 4.69) is 33.1 Å². The molecule has 0 bridgehead atoms. The first-order valence-corrected chi connectivity index (χ1v) is 13.9. The number of carboxylic acids is 1. The van der Waals surface area contributed by atoms with Crippen LogP contribution >= 0.6 is 35.7 Å². The number of thioether (sulfide) groups is 2. The summed E-state index contributed by atoms with van der Waals surface area (Å²) in [6.07, 6.45) is -5.35. The van der Waals surface area contributed by atoms with Gasteiger partial charge >= 0.3 is 12.1 Å². The molecule has 0 aliphatic carbocycles. The molecule has 0 aromatic carbocycles. The monoisotopic (exact) mass is 576 g/mol. The number of carbonyl (C=O) groups is 2. The molecule has 3 heterocycles. The van der Waals surface area contributed by atoms with Crippen LogP contribution in [0.25, 0.3) is 0 Å². The highest BCUT2D eigenvalue weighted by Crippen LogP contribution is 2.41. The molecule has 194 valence electrons. The number of aromatic nitrogens is 4. The van der Waals surface area contributed by atoms with Crippen LogP contribution in [0.3, 0.4) is 0 Å². The Hall–Kier alpha value is -1.96. The third kappa shape index (κ3) is 7.28. The minimum absolute atomic E-state index is 0.126. The number of tetrazole rings is 1. The number of carbonyl (C=O) groups excluding carboxylic acids is 1. The van der Waals surface area contributed by atoms with Gasteiger partial charge in [-0.3, -0.25) is 14.2 Å². The molecule has 2 atom stereocenters. The van der Waals surface area contributed by atoms with E-state index in [1.54, 1.807) is 0 Å². The van der Waals surface area contributed by atoms with Crippen LogP contribution in [0.4, 0.5) is 13.2 Å². The number of halogens is 3. The van der Waals surface area contributed by atoms with Crippen LogP contribution in [0.2, 0.25) is 0 Å². The Morgan fingerprint density at radius 2 is 2.06 bits per heavy atom. The Kier molecular flexibility index (Phi) is 8.66. The van der Waals surface area contributed by atoms with Gasteiger partial charge in [-0.2, -0.15) is 21.6 Å². The lowest BCUT2D eigenvalue weighted by Crippen LogP contribution is -2.70. The average Bonchev–Trinajstić information content (AvgIpc) is 3.18. The first-order chi connectivity index (χ1) is 16.3. The molecule has 1 aromatic heterocycles. The molecule has 0 radical (unpaired) electrons. The molecule has 0 spiro atoms. The van der Waals surface area contributed by atoms with Gasteiger partial charge in [0.25, 0.3) is 16.0 Å². The molecule has 0 saturated carbocycles. The van der Waals surface area contributed by atoms with Crippen LogP contribution in [0.15, 0.2) is 16.4 Å². The highest BCUT2D eigenvalue weighted by atomic mass is 32.2. The summed E-state index contributed by atoms with van der Waals surface area (Å²) in [6, 6.07) is -1.05. The summed E-state index contributed by atoms with van der Waals surface area (Å²) < 4.78 is 69.4. The second kappa shape index (κ2) is 11.0. The van der Waals surface area contributed by atoms with E-state index in [1.165, 1.54) is 16.4 Å². The molecule has 1 aromatic rings. The van der Waals surface area contributed by atoms with Crippen molar-refractivity contribution >= 4 is 62.7 Å². The van der Waals surface area contributed by atoms with Gasteiger partial charge in [0.1, 0.15) is 17.1 Å². The molecule has 3 N–H and O–H groups in total. The third-order valence-corrected chi connectivity index (χ3v) is 8.27. The second-order valence-corrected chi connectivity index (χ2v) is 11.6. The van der Waals surface area contributed by atoms with Crippen molar-refractivity contribution < 1.29 is 40.8 Å². The number of carboxylic acid groups (broad SMARTS) is 1. The Labute approximate surface area is 210 Å². The van der Waals surface area contributed by atoms with Gasteiger partial charge in [-0.1, -0.05) is 24.0 Å². The number of unbranched alkanes of at least 4 members (excludes halogenated alkanes) is 1. The highest BCUT2D eigenvalue weighted by Gasteiger charge is 2.54. The molecule has 1 amide bonds. The van der Waals surface area contributed by atoms with E-state index in [4.69, 9.17) is 4.55 Å². The lowest BCUT2D eigenvalue weighted by atomic mass is 10.0. The predicted molar refractivity (Wildman–Crippen MR) is 122 cm³/mol. The number of fused-ring (bicyclic) bond motifs is 1. The van der Waals surface area contributed by atoms with Gasteiger partial charge in [0, 0.05) is 18.1 Å². The van der Waals surface area contributed by atoms with Crippen LogP contribution in [0.5, 0.6) is 0 Å². The van der Waals surface area contributed by atoms with E-state index in [0.29, 0.717) is 17.2 Å². The summed E-state index contributed by atoms with van der Waals surface area (Å²) in [4.78, 5) is 25.0. The standard InChI is InChI=1S/C16H19F3N6O6S4/c17-16(18,19)5-9(32)20-10-12(26)25-11(14(27)28)8(6-33-13(10)25)7-34-15-21-22-23-24(15)3-1-2-4-35(29,30)31/h10,13H,1-7H2,(H,20,32)(H,27,28)(H,29,30,31)/t10?,13-/m1/s1. The van der Waals surface area contributed by atoms with Crippen LogP contribution < -0.4 is 5.32 Å². The highest BCUT2D eigenvalue weighted by molar-refractivity contribution is 8.01. The zero-order valence-electron chi connectivity index (χ0n) is 17.6. The molecule has 1 unspecified atom stereocenters. The fourth-order valence-corrected chi connectivity index (χ4v) is 6.59. The van der Waals surface area contributed by atoms with E-state index >= 15 is 0 Å². The van der Waals surface area contributed by atoms with Gasteiger partial charge in [-0.15, -0.1) is 16.9 Å².